The SMILES string of the molecule is O=C(Cc1cccc(Cl)c1)NCC1(CCl)CCCC1. The summed E-state index contributed by atoms with van der Waals surface area (Å²) in [6.07, 6.45) is 5.05. The minimum absolute atomic E-state index is 0.0404. The molecule has 1 aromatic rings. The predicted octanol–water partition coefficient (Wildman–Crippen LogP) is 3.80. The first-order chi connectivity index (χ1) is 9.13. The first-order valence-corrected chi connectivity index (χ1v) is 7.62. The molecule has 104 valence electrons. The molecular formula is C15H19Cl2NO. The predicted molar refractivity (Wildman–Crippen MR) is 79.8 cm³/mol. The van der Waals surface area contributed by atoms with Crippen molar-refractivity contribution in [3.63, 3.8) is 0 Å². The lowest BCUT2D eigenvalue weighted by Gasteiger charge is -2.26. The molecule has 2 nitrogen and oxygen atoms in total. The van der Waals surface area contributed by atoms with E-state index in [1.165, 1.54) is 12.8 Å². The van der Waals surface area contributed by atoms with Gasteiger partial charge in [0.1, 0.15) is 0 Å². The summed E-state index contributed by atoms with van der Waals surface area (Å²) < 4.78 is 0. The van der Waals surface area contributed by atoms with E-state index >= 15 is 0 Å². The summed E-state index contributed by atoms with van der Waals surface area (Å²) in [7, 11) is 0. The minimum atomic E-state index is 0.0404. The van der Waals surface area contributed by atoms with Crippen molar-refractivity contribution in [2.45, 2.75) is 32.1 Å². The highest BCUT2D eigenvalue weighted by Gasteiger charge is 2.33. The highest BCUT2D eigenvalue weighted by atomic mass is 35.5. The van der Waals surface area contributed by atoms with Crippen molar-refractivity contribution in [1.82, 2.24) is 5.32 Å². The maximum absolute atomic E-state index is 11.9. The summed E-state index contributed by atoms with van der Waals surface area (Å²) in [5.74, 6) is 0.670. The molecule has 0 saturated heterocycles. The molecule has 0 aromatic heterocycles. The third-order valence-corrected chi connectivity index (χ3v) is 4.66. The van der Waals surface area contributed by atoms with E-state index in [1.54, 1.807) is 0 Å². The van der Waals surface area contributed by atoms with Crippen LogP contribution in [-0.2, 0) is 11.2 Å². The summed E-state index contributed by atoms with van der Waals surface area (Å²) >= 11 is 12.0. The molecule has 0 bridgehead atoms. The van der Waals surface area contributed by atoms with Crippen LogP contribution in [0.4, 0.5) is 0 Å². The van der Waals surface area contributed by atoms with Crippen molar-refractivity contribution in [2.24, 2.45) is 5.41 Å². The molecule has 0 aliphatic heterocycles. The van der Waals surface area contributed by atoms with Gasteiger partial charge in [-0.2, -0.15) is 0 Å². The quantitative estimate of drug-likeness (QED) is 0.823. The van der Waals surface area contributed by atoms with E-state index < -0.39 is 0 Å². The highest BCUT2D eigenvalue weighted by molar-refractivity contribution is 6.30. The zero-order valence-electron chi connectivity index (χ0n) is 10.9. The number of amides is 1. The van der Waals surface area contributed by atoms with Gasteiger partial charge in [-0.05, 0) is 30.5 Å². The molecule has 4 heteroatoms. The molecule has 1 N–H and O–H groups in total. The van der Waals surface area contributed by atoms with E-state index in [1.807, 2.05) is 24.3 Å². The van der Waals surface area contributed by atoms with Crippen LogP contribution in [-0.4, -0.2) is 18.3 Å². The lowest BCUT2D eigenvalue weighted by molar-refractivity contribution is -0.120. The zero-order valence-corrected chi connectivity index (χ0v) is 12.4. The average molecular weight is 300 g/mol. The third kappa shape index (κ3) is 4.12. The summed E-state index contributed by atoms with van der Waals surface area (Å²) in [5, 5.41) is 3.68. The largest absolute Gasteiger partial charge is 0.355 e. The second-order valence-corrected chi connectivity index (χ2v) is 6.13. The summed E-state index contributed by atoms with van der Waals surface area (Å²) in [6, 6.07) is 7.42. The maximum Gasteiger partial charge on any atom is 0.224 e. The molecule has 1 fully saturated rings. The van der Waals surface area contributed by atoms with Crippen molar-refractivity contribution >= 4 is 29.1 Å². The number of halogens is 2. The third-order valence-electron chi connectivity index (χ3n) is 3.86. The van der Waals surface area contributed by atoms with Crippen LogP contribution in [0.2, 0.25) is 5.02 Å². The van der Waals surface area contributed by atoms with E-state index in [2.05, 4.69) is 5.32 Å². The highest BCUT2D eigenvalue weighted by Crippen LogP contribution is 2.38. The van der Waals surface area contributed by atoms with Crippen molar-refractivity contribution in [3.05, 3.63) is 34.9 Å². The van der Waals surface area contributed by atoms with Gasteiger partial charge in [-0.3, -0.25) is 4.79 Å². The average Bonchev–Trinajstić information content (AvgIpc) is 2.86. The summed E-state index contributed by atoms with van der Waals surface area (Å²) in [5.41, 5.74) is 1.06. The Morgan fingerprint density at radius 2 is 2.05 bits per heavy atom. The minimum Gasteiger partial charge on any atom is -0.355 e. The Labute approximate surface area is 124 Å². The molecule has 1 amide bonds. The smallest absolute Gasteiger partial charge is 0.224 e. The monoisotopic (exact) mass is 299 g/mol. The van der Waals surface area contributed by atoms with Gasteiger partial charge in [-0.15, -0.1) is 11.6 Å². The van der Waals surface area contributed by atoms with Gasteiger partial charge in [0.2, 0.25) is 5.91 Å². The lowest BCUT2D eigenvalue weighted by Crippen LogP contribution is -2.37. The van der Waals surface area contributed by atoms with Crippen LogP contribution < -0.4 is 5.32 Å². The van der Waals surface area contributed by atoms with Crippen LogP contribution >= 0.6 is 23.2 Å². The number of nitrogens with one attached hydrogen (secondary N) is 1. The van der Waals surface area contributed by atoms with Crippen LogP contribution in [0.15, 0.2) is 24.3 Å². The molecule has 1 saturated carbocycles. The van der Waals surface area contributed by atoms with E-state index in [-0.39, 0.29) is 11.3 Å². The molecule has 0 radical (unpaired) electrons. The fraction of sp³-hybridized carbons (Fsp3) is 0.533. The first kappa shape index (κ1) is 14.7. The van der Waals surface area contributed by atoms with Crippen molar-refractivity contribution < 1.29 is 4.79 Å². The number of carbonyl (C=O) groups excluding carboxylic acids is 1. The lowest BCUT2D eigenvalue weighted by atomic mass is 9.88. The molecule has 1 aliphatic carbocycles. The molecule has 0 spiro atoms. The number of benzene rings is 1. The van der Waals surface area contributed by atoms with Gasteiger partial charge >= 0.3 is 0 Å². The van der Waals surface area contributed by atoms with E-state index in [4.69, 9.17) is 23.2 Å². The van der Waals surface area contributed by atoms with Gasteiger partial charge < -0.3 is 5.32 Å². The second-order valence-electron chi connectivity index (χ2n) is 5.42. The van der Waals surface area contributed by atoms with Gasteiger partial charge in [0.05, 0.1) is 6.42 Å². The zero-order chi connectivity index (χ0) is 13.7. The Morgan fingerprint density at radius 3 is 2.68 bits per heavy atom. The molecule has 0 atom stereocenters. The fourth-order valence-corrected chi connectivity index (χ4v) is 3.24. The topological polar surface area (TPSA) is 29.1 Å². The van der Waals surface area contributed by atoms with Crippen LogP contribution in [0, 0.1) is 5.41 Å². The second kappa shape index (κ2) is 6.62. The number of rotatable bonds is 5. The Kier molecular flexibility index (Phi) is 5.12. The Morgan fingerprint density at radius 1 is 1.32 bits per heavy atom. The number of hydrogen-bond donors (Lipinski definition) is 1. The molecule has 0 heterocycles. The molecule has 1 aliphatic rings. The van der Waals surface area contributed by atoms with Crippen LogP contribution in [0.1, 0.15) is 31.2 Å². The Bertz CT molecular complexity index is 442. The molecular weight excluding hydrogens is 281 g/mol. The van der Waals surface area contributed by atoms with Crippen LogP contribution in [0.5, 0.6) is 0 Å². The van der Waals surface area contributed by atoms with E-state index in [0.29, 0.717) is 23.9 Å². The van der Waals surface area contributed by atoms with Crippen LogP contribution in [0.3, 0.4) is 0 Å². The van der Waals surface area contributed by atoms with Crippen molar-refractivity contribution in [1.29, 1.82) is 0 Å². The molecule has 0 unspecified atom stereocenters. The summed E-state index contributed by atoms with van der Waals surface area (Å²) in [6.45, 7) is 0.690. The Hall–Kier alpha value is -0.730. The van der Waals surface area contributed by atoms with E-state index in [0.717, 1.165) is 18.4 Å². The van der Waals surface area contributed by atoms with Gasteiger partial charge in [0, 0.05) is 22.9 Å². The Balaban J connectivity index is 1.84. The maximum atomic E-state index is 11.9. The molecule has 19 heavy (non-hydrogen) atoms. The van der Waals surface area contributed by atoms with Crippen molar-refractivity contribution in [3.8, 4) is 0 Å². The number of hydrogen-bond acceptors (Lipinski definition) is 1. The number of alkyl halides is 1. The molecule has 2 rings (SSSR count). The van der Waals surface area contributed by atoms with Gasteiger partial charge in [-0.1, -0.05) is 36.6 Å². The normalized spacial score (nSPS) is 17.4. The van der Waals surface area contributed by atoms with E-state index in [9.17, 15) is 4.79 Å². The molecule has 1 aromatic carbocycles. The number of carbonyl (C=O) groups is 1. The van der Waals surface area contributed by atoms with Crippen molar-refractivity contribution in [2.75, 3.05) is 12.4 Å². The first-order valence-electron chi connectivity index (χ1n) is 6.71. The summed E-state index contributed by atoms with van der Waals surface area (Å²) in [4.78, 5) is 11.9. The fourth-order valence-electron chi connectivity index (χ4n) is 2.66. The van der Waals surface area contributed by atoms with Gasteiger partial charge in [-0.25, -0.2) is 0 Å². The van der Waals surface area contributed by atoms with Gasteiger partial charge in [0.15, 0.2) is 0 Å². The standard InChI is InChI=1S/C15H19Cl2NO/c16-10-15(6-1-2-7-15)11-18-14(19)9-12-4-3-5-13(17)8-12/h3-5,8H,1-2,6-7,9-11H2,(H,18,19). The van der Waals surface area contributed by atoms with Crippen LogP contribution in [0.25, 0.3) is 0 Å². The van der Waals surface area contributed by atoms with Gasteiger partial charge in [0.25, 0.3) is 0 Å².